The van der Waals surface area contributed by atoms with Crippen LogP contribution in [0.25, 0.3) is 16.9 Å². The van der Waals surface area contributed by atoms with Gasteiger partial charge in [0.2, 0.25) is 6.79 Å². The van der Waals surface area contributed by atoms with Crippen LogP contribution in [0.2, 0.25) is 0 Å². The Labute approximate surface area is 184 Å². The highest BCUT2D eigenvalue weighted by molar-refractivity contribution is 5.93. The maximum Gasteiger partial charge on any atom is 0.433 e. The molecular formula is C21H17F3N6O3. The Balaban J connectivity index is 1.51. The van der Waals surface area contributed by atoms with Crippen LogP contribution < -0.4 is 14.8 Å². The van der Waals surface area contributed by atoms with Crippen molar-refractivity contribution in [3.8, 4) is 22.8 Å². The first kappa shape index (κ1) is 20.8. The molecule has 0 spiro atoms. The molecule has 9 nitrogen and oxygen atoms in total. The molecule has 0 unspecified atom stereocenters. The Bertz CT molecular complexity index is 1390. The molecule has 1 amide bonds. The van der Waals surface area contributed by atoms with Crippen LogP contribution in [0.4, 0.5) is 13.2 Å². The van der Waals surface area contributed by atoms with E-state index in [4.69, 9.17) is 9.47 Å². The maximum atomic E-state index is 13.8. The largest absolute Gasteiger partial charge is 0.454 e. The van der Waals surface area contributed by atoms with E-state index in [9.17, 15) is 18.0 Å². The van der Waals surface area contributed by atoms with Gasteiger partial charge in [-0.25, -0.2) is 9.50 Å². The maximum absolute atomic E-state index is 13.8. The molecule has 1 aliphatic rings. The first-order valence-electron chi connectivity index (χ1n) is 9.84. The lowest BCUT2D eigenvalue weighted by Crippen LogP contribution is -2.23. The lowest BCUT2D eigenvalue weighted by Gasteiger charge is -2.11. The summed E-state index contributed by atoms with van der Waals surface area (Å²) in [5, 5.41) is 10.6. The van der Waals surface area contributed by atoms with Crippen LogP contribution in [0, 0.1) is 6.92 Å². The number of aromatic nitrogens is 5. The van der Waals surface area contributed by atoms with E-state index in [2.05, 4.69) is 20.5 Å². The van der Waals surface area contributed by atoms with Gasteiger partial charge in [0.1, 0.15) is 0 Å². The molecule has 1 N–H and O–H groups in total. The second kappa shape index (κ2) is 7.50. The van der Waals surface area contributed by atoms with Crippen molar-refractivity contribution in [2.45, 2.75) is 19.6 Å². The highest BCUT2D eigenvalue weighted by atomic mass is 19.4. The number of amides is 1. The number of benzene rings is 1. The van der Waals surface area contributed by atoms with Crippen LogP contribution in [0.1, 0.15) is 27.4 Å². The number of fused-ring (bicyclic) bond motifs is 2. The highest BCUT2D eigenvalue weighted by Crippen LogP contribution is 2.37. The Morgan fingerprint density at radius 1 is 1.18 bits per heavy atom. The normalized spacial score (nSPS) is 13.0. The number of nitrogens with one attached hydrogen (secondary N) is 1. The van der Waals surface area contributed by atoms with Crippen LogP contribution in [0.15, 0.2) is 36.5 Å². The van der Waals surface area contributed by atoms with Gasteiger partial charge in [-0.2, -0.15) is 23.4 Å². The van der Waals surface area contributed by atoms with Gasteiger partial charge in [-0.15, -0.1) is 0 Å². The first-order valence-corrected chi connectivity index (χ1v) is 9.84. The molecule has 0 bridgehead atoms. The second-order valence-electron chi connectivity index (χ2n) is 7.45. The average Bonchev–Trinajstić information content (AvgIpc) is 3.49. The van der Waals surface area contributed by atoms with E-state index in [1.165, 1.54) is 6.07 Å². The minimum absolute atomic E-state index is 0.0404. The molecule has 33 heavy (non-hydrogen) atoms. The first-order chi connectivity index (χ1) is 15.7. The van der Waals surface area contributed by atoms with Crippen molar-refractivity contribution in [3.63, 3.8) is 0 Å². The fourth-order valence-electron chi connectivity index (χ4n) is 3.47. The Hall–Kier alpha value is -4.09. The Morgan fingerprint density at radius 2 is 1.97 bits per heavy atom. The molecule has 4 aromatic rings. The summed E-state index contributed by atoms with van der Waals surface area (Å²) in [6, 6.07) is 6.86. The van der Waals surface area contributed by atoms with E-state index < -0.39 is 17.8 Å². The van der Waals surface area contributed by atoms with Crippen molar-refractivity contribution in [1.29, 1.82) is 0 Å². The predicted octanol–water partition coefficient (Wildman–Crippen LogP) is 3.12. The van der Waals surface area contributed by atoms with Crippen molar-refractivity contribution in [1.82, 2.24) is 29.7 Å². The van der Waals surface area contributed by atoms with E-state index in [1.807, 2.05) is 6.92 Å². The standard InChI is InChI=1S/C21H17F3N6O3/c1-11-13(9-26-29(11)2)8-25-20(31)15-7-19-27-14(6-18(21(22,23)24)30(19)28-15)12-3-4-16-17(5-12)33-10-32-16/h3-7,9H,8,10H2,1-2H3,(H,25,31). The monoisotopic (exact) mass is 458 g/mol. The minimum atomic E-state index is -4.72. The summed E-state index contributed by atoms with van der Waals surface area (Å²) in [6.45, 7) is 2.05. The molecule has 1 aliphatic heterocycles. The molecule has 170 valence electrons. The van der Waals surface area contributed by atoms with Gasteiger partial charge in [-0.1, -0.05) is 0 Å². The van der Waals surface area contributed by atoms with Gasteiger partial charge in [-0.05, 0) is 31.2 Å². The molecule has 1 aromatic carbocycles. The zero-order valence-corrected chi connectivity index (χ0v) is 17.5. The zero-order valence-electron chi connectivity index (χ0n) is 17.5. The third kappa shape index (κ3) is 3.73. The van der Waals surface area contributed by atoms with Gasteiger partial charge in [-0.3, -0.25) is 9.48 Å². The molecular weight excluding hydrogens is 441 g/mol. The Kier molecular flexibility index (Phi) is 4.73. The highest BCUT2D eigenvalue weighted by Gasteiger charge is 2.36. The number of carbonyl (C=O) groups is 1. The number of halogens is 3. The van der Waals surface area contributed by atoms with Crippen LogP contribution in [-0.2, 0) is 19.8 Å². The molecule has 12 heteroatoms. The van der Waals surface area contributed by atoms with Gasteiger partial charge in [0.05, 0.1) is 11.9 Å². The number of alkyl halides is 3. The molecule has 0 fully saturated rings. The van der Waals surface area contributed by atoms with Crippen LogP contribution >= 0.6 is 0 Å². The van der Waals surface area contributed by atoms with E-state index in [-0.39, 0.29) is 30.4 Å². The smallest absolute Gasteiger partial charge is 0.433 e. The van der Waals surface area contributed by atoms with E-state index in [0.717, 1.165) is 17.3 Å². The van der Waals surface area contributed by atoms with Crippen molar-refractivity contribution in [2.24, 2.45) is 7.05 Å². The zero-order chi connectivity index (χ0) is 23.3. The van der Waals surface area contributed by atoms with Gasteiger partial charge >= 0.3 is 6.18 Å². The summed E-state index contributed by atoms with van der Waals surface area (Å²) in [4.78, 5) is 16.9. The third-order valence-corrected chi connectivity index (χ3v) is 5.39. The number of hydrogen-bond acceptors (Lipinski definition) is 6. The summed E-state index contributed by atoms with van der Waals surface area (Å²) < 4.78 is 54.3. The summed E-state index contributed by atoms with van der Waals surface area (Å²) >= 11 is 0. The molecule has 5 rings (SSSR count). The topological polar surface area (TPSA) is 95.6 Å². The number of rotatable bonds is 4. The summed E-state index contributed by atoms with van der Waals surface area (Å²) in [5.41, 5.74) is 0.769. The molecule has 4 heterocycles. The van der Waals surface area contributed by atoms with E-state index >= 15 is 0 Å². The molecule has 0 aliphatic carbocycles. The lowest BCUT2D eigenvalue weighted by molar-refractivity contribution is -0.142. The van der Waals surface area contributed by atoms with Crippen LogP contribution in [-0.4, -0.2) is 37.1 Å². The van der Waals surface area contributed by atoms with E-state index in [0.29, 0.717) is 21.6 Å². The summed E-state index contributed by atoms with van der Waals surface area (Å²) in [5.74, 6) is 0.298. The average molecular weight is 458 g/mol. The SMILES string of the molecule is Cc1c(CNC(=O)c2cc3nc(-c4ccc5c(c4)OCO5)cc(C(F)(F)F)n3n2)cnn1C. The van der Waals surface area contributed by atoms with Crippen molar-refractivity contribution in [3.05, 3.63) is 59.2 Å². The minimum Gasteiger partial charge on any atom is -0.454 e. The summed E-state index contributed by atoms with van der Waals surface area (Å²) in [6.07, 6.45) is -3.11. The number of hydrogen-bond donors (Lipinski definition) is 1. The van der Waals surface area contributed by atoms with Crippen molar-refractivity contribution in [2.75, 3.05) is 6.79 Å². The van der Waals surface area contributed by atoms with Crippen molar-refractivity contribution >= 4 is 11.6 Å². The van der Waals surface area contributed by atoms with Crippen LogP contribution in [0.5, 0.6) is 11.5 Å². The van der Waals surface area contributed by atoms with E-state index in [1.54, 1.807) is 36.1 Å². The molecule has 0 atom stereocenters. The fraction of sp³-hybridized carbons (Fsp3) is 0.238. The van der Waals surface area contributed by atoms with Gasteiger partial charge in [0.25, 0.3) is 5.91 Å². The number of aryl methyl sites for hydroxylation is 1. The number of carbonyl (C=O) groups excluding carboxylic acids is 1. The van der Waals surface area contributed by atoms with Gasteiger partial charge in [0.15, 0.2) is 28.5 Å². The second-order valence-corrected chi connectivity index (χ2v) is 7.45. The Morgan fingerprint density at radius 3 is 2.70 bits per heavy atom. The van der Waals surface area contributed by atoms with Crippen LogP contribution in [0.3, 0.4) is 0 Å². The third-order valence-electron chi connectivity index (χ3n) is 5.39. The number of nitrogens with zero attached hydrogens (tertiary/aromatic N) is 5. The lowest BCUT2D eigenvalue weighted by atomic mass is 10.1. The molecule has 0 saturated carbocycles. The predicted molar refractivity (Wildman–Crippen MR) is 109 cm³/mol. The fourth-order valence-corrected chi connectivity index (χ4v) is 3.47. The quantitative estimate of drug-likeness (QED) is 0.505. The van der Waals surface area contributed by atoms with Crippen molar-refractivity contribution < 1.29 is 27.4 Å². The molecule has 0 radical (unpaired) electrons. The molecule has 3 aromatic heterocycles. The van der Waals surface area contributed by atoms with Gasteiger partial charge in [0, 0.05) is 36.5 Å². The number of ether oxygens (including phenoxy) is 2. The molecule has 0 saturated heterocycles. The van der Waals surface area contributed by atoms with Gasteiger partial charge < -0.3 is 14.8 Å². The summed E-state index contributed by atoms with van der Waals surface area (Å²) in [7, 11) is 1.77.